The van der Waals surface area contributed by atoms with Crippen molar-refractivity contribution in [3.05, 3.63) is 120 Å². The quantitative estimate of drug-likeness (QED) is 0.546. The predicted molar refractivity (Wildman–Crippen MR) is 120 cm³/mol. The lowest BCUT2D eigenvalue weighted by molar-refractivity contribution is -0.132. The molecule has 1 saturated heterocycles. The van der Waals surface area contributed by atoms with Gasteiger partial charge in [0.1, 0.15) is 0 Å². The molecule has 2 atom stereocenters. The zero-order chi connectivity index (χ0) is 21.2. The number of carbonyl (C=O) groups excluding carboxylic acids is 1. The number of hydrazine groups is 1. The monoisotopic (exact) mass is 408 g/mol. The number of rotatable bonds is 6. The first-order valence-electron chi connectivity index (χ1n) is 10.7. The van der Waals surface area contributed by atoms with Crippen LogP contribution in [0.2, 0.25) is 0 Å². The molecule has 0 unspecified atom stereocenters. The Hall–Kier alpha value is -3.21. The van der Waals surface area contributed by atoms with E-state index in [4.69, 9.17) is 4.74 Å². The summed E-state index contributed by atoms with van der Waals surface area (Å²) in [5, 5.41) is 4.06. The molecule has 4 heteroatoms. The summed E-state index contributed by atoms with van der Waals surface area (Å²) >= 11 is 0. The molecule has 2 aliphatic heterocycles. The summed E-state index contributed by atoms with van der Waals surface area (Å²) in [6, 6.07) is 30.4. The Bertz CT molecular complexity index is 1080. The number of amides is 1. The maximum Gasteiger partial charge on any atom is 0.243 e. The van der Waals surface area contributed by atoms with Gasteiger partial charge in [-0.1, -0.05) is 91.0 Å². The lowest BCUT2D eigenvalue weighted by atomic mass is 9.93. The zero-order valence-corrected chi connectivity index (χ0v) is 17.4. The highest BCUT2D eigenvalue weighted by Crippen LogP contribution is 2.53. The molecule has 0 aliphatic carbocycles. The van der Waals surface area contributed by atoms with Crippen LogP contribution < -0.4 is 0 Å². The molecule has 0 saturated carbocycles. The molecule has 1 amide bonds. The van der Waals surface area contributed by atoms with Gasteiger partial charge in [0.25, 0.3) is 0 Å². The van der Waals surface area contributed by atoms with E-state index in [1.165, 1.54) is 0 Å². The molecule has 5 rings (SSSR count). The third-order valence-electron chi connectivity index (χ3n) is 5.83. The molecule has 154 valence electrons. The molecular weight excluding hydrogens is 384 g/mol. The molecular formula is C27H24N2O2. The van der Waals surface area contributed by atoms with Crippen LogP contribution in [0.5, 0.6) is 0 Å². The van der Waals surface area contributed by atoms with Gasteiger partial charge in [-0.25, -0.2) is 5.01 Å². The van der Waals surface area contributed by atoms with Gasteiger partial charge >= 0.3 is 0 Å². The van der Waals surface area contributed by atoms with E-state index >= 15 is 0 Å². The minimum Gasteiger partial charge on any atom is -0.364 e. The van der Waals surface area contributed by atoms with Crippen molar-refractivity contribution in [3.8, 4) is 0 Å². The van der Waals surface area contributed by atoms with E-state index in [-0.39, 0.29) is 18.0 Å². The topological polar surface area (TPSA) is 32.8 Å². The standard InChI is InChI=1S/C27H24N2O2/c1-2-31-19-23-26(21-14-8-4-9-15-21)28-24(20-12-6-3-7-13-20)18-25(30)29(28)27(23)22-16-10-5-11-17-22/h3-17,24,26H,2,18H2,1H3/t24-,26-/m1/s1. The second kappa shape index (κ2) is 8.50. The van der Waals surface area contributed by atoms with Gasteiger partial charge in [0.05, 0.1) is 24.2 Å². The van der Waals surface area contributed by atoms with E-state index < -0.39 is 0 Å². The SMILES string of the molecule is CCO[C]C1=C(c2ccccc2)N2C(=O)C[C@H](c3ccccc3)N2[C@@H]1c1ccccc1. The highest BCUT2D eigenvalue weighted by molar-refractivity contribution is 5.92. The fourth-order valence-corrected chi connectivity index (χ4v) is 4.55. The molecule has 0 bridgehead atoms. The van der Waals surface area contributed by atoms with Gasteiger partial charge < -0.3 is 4.74 Å². The van der Waals surface area contributed by atoms with Crippen LogP contribution in [0.1, 0.15) is 42.1 Å². The molecule has 2 aliphatic rings. The molecule has 0 N–H and O–H groups in total. The van der Waals surface area contributed by atoms with Crippen molar-refractivity contribution in [3.63, 3.8) is 0 Å². The van der Waals surface area contributed by atoms with E-state index in [0.29, 0.717) is 13.0 Å². The van der Waals surface area contributed by atoms with E-state index in [0.717, 1.165) is 28.0 Å². The van der Waals surface area contributed by atoms with Crippen molar-refractivity contribution in [2.24, 2.45) is 0 Å². The maximum atomic E-state index is 13.4. The third kappa shape index (κ3) is 3.48. The summed E-state index contributed by atoms with van der Waals surface area (Å²) in [4.78, 5) is 13.4. The lowest BCUT2D eigenvalue weighted by Gasteiger charge is -2.33. The number of nitrogens with zero attached hydrogens (tertiary/aromatic N) is 2. The van der Waals surface area contributed by atoms with Crippen LogP contribution in [-0.2, 0) is 9.53 Å². The summed E-state index contributed by atoms with van der Waals surface area (Å²) < 4.78 is 5.69. The van der Waals surface area contributed by atoms with Crippen LogP contribution in [0.15, 0.2) is 96.6 Å². The fourth-order valence-electron chi connectivity index (χ4n) is 4.55. The predicted octanol–water partition coefficient (Wildman–Crippen LogP) is 5.42. The molecule has 1 fully saturated rings. The Morgan fingerprint density at radius 2 is 1.45 bits per heavy atom. The smallest absolute Gasteiger partial charge is 0.243 e. The number of ether oxygens (including phenoxy) is 1. The average Bonchev–Trinajstić information content (AvgIpc) is 3.34. The van der Waals surface area contributed by atoms with E-state index in [1.54, 1.807) is 0 Å². The van der Waals surface area contributed by atoms with Crippen LogP contribution in [-0.4, -0.2) is 22.5 Å². The van der Waals surface area contributed by atoms with E-state index in [1.807, 2.05) is 78.7 Å². The number of carbonyl (C=O) groups is 1. The van der Waals surface area contributed by atoms with Crippen molar-refractivity contribution in [2.75, 3.05) is 6.61 Å². The highest BCUT2D eigenvalue weighted by atomic mass is 16.5. The first-order valence-corrected chi connectivity index (χ1v) is 10.7. The average molecular weight is 409 g/mol. The Balaban J connectivity index is 1.71. The normalized spacial score (nSPS) is 21.1. The number of hydrogen-bond donors (Lipinski definition) is 0. The van der Waals surface area contributed by atoms with Crippen LogP contribution in [0.25, 0.3) is 5.70 Å². The third-order valence-corrected chi connectivity index (χ3v) is 5.83. The fraction of sp³-hybridized carbons (Fsp3) is 0.185. The first-order chi connectivity index (χ1) is 15.3. The van der Waals surface area contributed by atoms with E-state index in [2.05, 4.69) is 35.9 Å². The molecule has 2 heterocycles. The molecule has 3 aromatic carbocycles. The largest absolute Gasteiger partial charge is 0.364 e. The molecule has 2 radical (unpaired) electrons. The summed E-state index contributed by atoms with van der Waals surface area (Å²) in [7, 11) is 0. The number of fused-ring (bicyclic) bond motifs is 1. The molecule has 0 spiro atoms. The minimum absolute atomic E-state index is 0.0569. The lowest BCUT2D eigenvalue weighted by Crippen LogP contribution is -2.36. The molecule has 4 nitrogen and oxygen atoms in total. The van der Waals surface area contributed by atoms with Crippen molar-refractivity contribution >= 4 is 11.6 Å². The summed E-state index contributed by atoms with van der Waals surface area (Å²) in [5.74, 6) is 0.0851. The second-order valence-corrected chi connectivity index (χ2v) is 7.69. The van der Waals surface area contributed by atoms with Crippen LogP contribution in [0.3, 0.4) is 0 Å². The van der Waals surface area contributed by atoms with Gasteiger partial charge in [-0.05, 0) is 23.6 Å². The van der Waals surface area contributed by atoms with Gasteiger partial charge in [-0.3, -0.25) is 4.79 Å². The second-order valence-electron chi connectivity index (χ2n) is 7.69. The molecule has 0 aromatic heterocycles. The Kier molecular flexibility index (Phi) is 5.41. The van der Waals surface area contributed by atoms with Gasteiger partial charge in [-0.15, -0.1) is 0 Å². The maximum absolute atomic E-state index is 13.4. The Labute approximate surface area is 183 Å². The first kappa shape index (κ1) is 19.7. The summed E-state index contributed by atoms with van der Waals surface area (Å²) in [6.07, 6.45) is 0.436. The summed E-state index contributed by atoms with van der Waals surface area (Å²) in [6.45, 7) is 5.66. The number of hydrogen-bond acceptors (Lipinski definition) is 3. The van der Waals surface area contributed by atoms with Crippen LogP contribution >= 0.6 is 0 Å². The van der Waals surface area contributed by atoms with Gasteiger partial charge in [0, 0.05) is 12.2 Å². The zero-order valence-electron chi connectivity index (χ0n) is 17.4. The van der Waals surface area contributed by atoms with Crippen molar-refractivity contribution in [1.29, 1.82) is 0 Å². The molecule has 3 aromatic rings. The summed E-state index contributed by atoms with van der Waals surface area (Å²) in [5.41, 5.74) is 4.95. The van der Waals surface area contributed by atoms with Crippen molar-refractivity contribution in [2.45, 2.75) is 25.4 Å². The minimum atomic E-state index is -0.167. The molecule has 31 heavy (non-hydrogen) atoms. The van der Waals surface area contributed by atoms with Gasteiger partial charge in [-0.2, -0.15) is 5.01 Å². The highest BCUT2D eigenvalue weighted by Gasteiger charge is 2.51. The van der Waals surface area contributed by atoms with E-state index in [9.17, 15) is 4.79 Å². The van der Waals surface area contributed by atoms with Crippen molar-refractivity contribution < 1.29 is 9.53 Å². The van der Waals surface area contributed by atoms with Crippen LogP contribution in [0, 0.1) is 6.61 Å². The van der Waals surface area contributed by atoms with Gasteiger partial charge in [0.2, 0.25) is 5.91 Å². The van der Waals surface area contributed by atoms with Crippen molar-refractivity contribution in [1.82, 2.24) is 10.0 Å². The number of benzene rings is 3. The Morgan fingerprint density at radius 3 is 2.06 bits per heavy atom. The Morgan fingerprint density at radius 1 is 0.871 bits per heavy atom. The van der Waals surface area contributed by atoms with Crippen LogP contribution in [0.4, 0.5) is 0 Å². The van der Waals surface area contributed by atoms with Gasteiger partial charge in [0.15, 0.2) is 6.61 Å².